The van der Waals surface area contributed by atoms with Crippen molar-refractivity contribution < 1.29 is 0 Å². The molecule has 108 valence electrons. The molecule has 2 atom stereocenters. The van der Waals surface area contributed by atoms with Crippen molar-refractivity contribution in [3.05, 3.63) is 33.9 Å². The average Bonchev–Trinajstić information content (AvgIpc) is 2.37. The van der Waals surface area contributed by atoms with Crippen molar-refractivity contribution in [3.63, 3.8) is 0 Å². The van der Waals surface area contributed by atoms with Gasteiger partial charge in [0, 0.05) is 6.04 Å². The summed E-state index contributed by atoms with van der Waals surface area (Å²) in [5.41, 5.74) is 13.6. The predicted octanol–water partition coefficient (Wildman–Crippen LogP) is 5.14. The molecule has 1 aromatic carbocycles. The van der Waals surface area contributed by atoms with E-state index in [9.17, 15) is 0 Å². The van der Waals surface area contributed by atoms with Gasteiger partial charge in [0.2, 0.25) is 0 Å². The maximum Gasteiger partial charge on any atom is 0.0328 e. The van der Waals surface area contributed by atoms with Gasteiger partial charge in [-0.15, -0.1) is 0 Å². The quantitative estimate of drug-likeness (QED) is 0.754. The number of aryl methyl sites for hydroxylation is 2. The molecule has 19 heavy (non-hydrogen) atoms. The zero-order chi connectivity index (χ0) is 14.6. The highest BCUT2D eigenvalue weighted by atomic mass is 14.7. The molecule has 0 saturated carbocycles. The summed E-state index contributed by atoms with van der Waals surface area (Å²) >= 11 is 0. The second-order valence-corrected chi connectivity index (χ2v) is 6.01. The van der Waals surface area contributed by atoms with Gasteiger partial charge in [0.05, 0.1) is 0 Å². The van der Waals surface area contributed by atoms with Gasteiger partial charge >= 0.3 is 0 Å². The van der Waals surface area contributed by atoms with Crippen LogP contribution in [-0.4, -0.2) is 0 Å². The number of hydrogen-bond donors (Lipinski definition) is 1. The minimum Gasteiger partial charge on any atom is -0.324 e. The summed E-state index contributed by atoms with van der Waals surface area (Å²) in [6.07, 6.45) is 4.97. The molecule has 0 aromatic heterocycles. The minimum atomic E-state index is 0.190. The third-order valence-corrected chi connectivity index (χ3v) is 4.72. The van der Waals surface area contributed by atoms with E-state index in [0.29, 0.717) is 5.92 Å². The van der Waals surface area contributed by atoms with Crippen molar-refractivity contribution in [2.45, 2.75) is 73.3 Å². The van der Waals surface area contributed by atoms with Gasteiger partial charge in [0.25, 0.3) is 0 Å². The summed E-state index contributed by atoms with van der Waals surface area (Å²) in [5, 5.41) is 0. The molecule has 0 radical (unpaired) electrons. The first-order chi connectivity index (χ1) is 8.93. The number of unbranched alkanes of at least 4 members (excludes halogenated alkanes) is 1. The van der Waals surface area contributed by atoms with E-state index in [1.165, 1.54) is 53.5 Å². The fraction of sp³-hybridized carbons (Fsp3) is 0.667. The van der Waals surface area contributed by atoms with Crippen LogP contribution in [0.1, 0.15) is 73.4 Å². The largest absolute Gasteiger partial charge is 0.324 e. The van der Waals surface area contributed by atoms with Crippen LogP contribution in [-0.2, 0) is 0 Å². The fourth-order valence-electron chi connectivity index (χ4n) is 3.09. The maximum absolute atomic E-state index is 6.63. The molecule has 1 heteroatoms. The molecule has 0 amide bonds. The molecule has 2 unspecified atom stereocenters. The summed E-state index contributed by atoms with van der Waals surface area (Å²) in [6.45, 7) is 13.4. The zero-order valence-electron chi connectivity index (χ0n) is 13.6. The molecule has 0 heterocycles. The highest BCUT2D eigenvalue weighted by Gasteiger charge is 2.22. The van der Waals surface area contributed by atoms with Crippen LogP contribution in [0.5, 0.6) is 0 Å². The summed E-state index contributed by atoms with van der Waals surface area (Å²) in [5.74, 6) is 0.610. The minimum absolute atomic E-state index is 0.190. The first kappa shape index (κ1) is 16.2. The monoisotopic (exact) mass is 261 g/mol. The van der Waals surface area contributed by atoms with Crippen LogP contribution >= 0.6 is 0 Å². The summed E-state index contributed by atoms with van der Waals surface area (Å²) < 4.78 is 0. The lowest BCUT2D eigenvalue weighted by atomic mass is 9.81. The van der Waals surface area contributed by atoms with Crippen molar-refractivity contribution in [1.82, 2.24) is 0 Å². The molecule has 0 aliphatic carbocycles. The van der Waals surface area contributed by atoms with E-state index in [0.717, 1.165) is 0 Å². The lowest BCUT2D eigenvalue weighted by molar-refractivity contribution is 0.376. The Labute approximate surface area is 119 Å². The highest BCUT2D eigenvalue weighted by molar-refractivity contribution is 5.45. The topological polar surface area (TPSA) is 26.0 Å². The Kier molecular flexibility index (Phi) is 6.06. The molecule has 0 saturated heterocycles. The van der Waals surface area contributed by atoms with E-state index in [4.69, 9.17) is 5.73 Å². The predicted molar refractivity (Wildman–Crippen MR) is 85.6 cm³/mol. The van der Waals surface area contributed by atoms with E-state index in [1.807, 2.05) is 0 Å². The molecule has 2 N–H and O–H groups in total. The van der Waals surface area contributed by atoms with Crippen LogP contribution in [0, 0.1) is 33.6 Å². The van der Waals surface area contributed by atoms with Crippen LogP contribution in [0.4, 0.5) is 0 Å². The van der Waals surface area contributed by atoms with Gasteiger partial charge in [-0.2, -0.15) is 0 Å². The van der Waals surface area contributed by atoms with E-state index < -0.39 is 0 Å². The third-order valence-electron chi connectivity index (χ3n) is 4.72. The summed E-state index contributed by atoms with van der Waals surface area (Å²) in [6, 6.07) is 2.48. The molecule has 0 spiro atoms. The second-order valence-electron chi connectivity index (χ2n) is 6.01. The van der Waals surface area contributed by atoms with Crippen molar-refractivity contribution in [3.8, 4) is 0 Å². The van der Waals surface area contributed by atoms with Crippen LogP contribution in [0.2, 0.25) is 0 Å². The second kappa shape index (κ2) is 7.09. The molecular formula is C18H31N. The van der Waals surface area contributed by atoms with Gasteiger partial charge in [-0.3, -0.25) is 0 Å². The maximum atomic E-state index is 6.63. The normalized spacial score (nSPS) is 14.5. The summed E-state index contributed by atoms with van der Waals surface area (Å²) in [7, 11) is 0. The Balaban J connectivity index is 3.13. The van der Waals surface area contributed by atoms with E-state index in [1.54, 1.807) is 0 Å². The zero-order valence-corrected chi connectivity index (χ0v) is 13.6. The lowest BCUT2D eigenvalue weighted by Gasteiger charge is -2.27. The first-order valence-electron chi connectivity index (χ1n) is 7.76. The number of rotatable bonds is 6. The smallest absolute Gasteiger partial charge is 0.0328 e. The summed E-state index contributed by atoms with van der Waals surface area (Å²) in [4.78, 5) is 0. The SMILES string of the molecule is CCCCC(CC)C(N)c1c(C)c(C)cc(C)c1C. The Morgan fingerprint density at radius 3 is 1.95 bits per heavy atom. The van der Waals surface area contributed by atoms with Crippen molar-refractivity contribution in [1.29, 1.82) is 0 Å². The molecule has 0 bridgehead atoms. The first-order valence-corrected chi connectivity index (χ1v) is 7.76. The standard InChI is InChI=1S/C18H31N/c1-7-9-10-16(8-2)18(19)17-14(5)12(3)11-13(4)15(17)6/h11,16,18H,7-10,19H2,1-6H3. The average molecular weight is 261 g/mol. The third kappa shape index (κ3) is 3.60. The van der Waals surface area contributed by atoms with E-state index >= 15 is 0 Å². The van der Waals surface area contributed by atoms with Crippen LogP contribution < -0.4 is 5.73 Å². The van der Waals surface area contributed by atoms with Gasteiger partial charge in [-0.1, -0.05) is 39.2 Å². The van der Waals surface area contributed by atoms with Gasteiger partial charge in [-0.25, -0.2) is 0 Å². The van der Waals surface area contributed by atoms with Crippen molar-refractivity contribution in [2.75, 3.05) is 0 Å². The molecule has 0 fully saturated rings. The molecular weight excluding hydrogens is 230 g/mol. The highest BCUT2D eigenvalue weighted by Crippen LogP contribution is 2.33. The van der Waals surface area contributed by atoms with Gasteiger partial charge in [0.1, 0.15) is 0 Å². The molecule has 1 rings (SSSR count). The van der Waals surface area contributed by atoms with E-state index in [2.05, 4.69) is 47.6 Å². The van der Waals surface area contributed by atoms with Crippen LogP contribution in [0.15, 0.2) is 6.07 Å². The van der Waals surface area contributed by atoms with Crippen LogP contribution in [0.3, 0.4) is 0 Å². The van der Waals surface area contributed by atoms with Gasteiger partial charge in [0.15, 0.2) is 0 Å². The van der Waals surface area contributed by atoms with Gasteiger partial charge in [-0.05, 0) is 67.9 Å². The Bertz CT molecular complexity index is 394. The Morgan fingerprint density at radius 1 is 1.00 bits per heavy atom. The van der Waals surface area contributed by atoms with E-state index in [-0.39, 0.29) is 6.04 Å². The Hall–Kier alpha value is -0.820. The number of nitrogens with two attached hydrogens (primary N) is 1. The fourth-order valence-corrected chi connectivity index (χ4v) is 3.09. The van der Waals surface area contributed by atoms with Crippen molar-refractivity contribution in [2.24, 2.45) is 11.7 Å². The number of hydrogen-bond acceptors (Lipinski definition) is 1. The number of benzene rings is 1. The van der Waals surface area contributed by atoms with Crippen molar-refractivity contribution >= 4 is 0 Å². The lowest BCUT2D eigenvalue weighted by Crippen LogP contribution is -2.23. The molecule has 0 aliphatic rings. The van der Waals surface area contributed by atoms with Gasteiger partial charge < -0.3 is 5.73 Å². The molecule has 0 aliphatic heterocycles. The molecule has 1 nitrogen and oxygen atoms in total. The Morgan fingerprint density at radius 2 is 1.53 bits per heavy atom. The van der Waals surface area contributed by atoms with Crippen LogP contribution in [0.25, 0.3) is 0 Å². The molecule has 1 aromatic rings.